The third-order valence-electron chi connectivity index (χ3n) is 3.24. The van der Waals surface area contributed by atoms with Gasteiger partial charge in [0.25, 0.3) is 5.56 Å². The van der Waals surface area contributed by atoms with E-state index in [4.69, 9.17) is 5.11 Å². The second kappa shape index (κ2) is 4.81. The highest BCUT2D eigenvalue weighted by molar-refractivity contribution is 5.86. The summed E-state index contributed by atoms with van der Waals surface area (Å²) in [6, 6.07) is 2.03. The van der Waals surface area contributed by atoms with Gasteiger partial charge >= 0.3 is 5.97 Å². The molecule has 0 saturated carbocycles. The maximum Gasteiger partial charge on any atom is 0.352 e. The van der Waals surface area contributed by atoms with Crippen molar-refractivity contribution in [2.45, 2.75) is 18.9 Å². The molecule has 1 aliphatic heterocycles. The smallest absolute Gasteiger partial charge is 0.352 e. The molecular weight excluding hydrogens is 236 g/mol. The molecule has 0 spiro atoms. The summed E-state index contributed by atoms with van der Waals surface area (Å²) in [5, 5.41) is 18.5. The van der Waals surface area contributed by atoms with Crippen molar-refractivity contribution in [3.05, 3.63) is 28.2 Å². The summed E-state index contributed by atoms with van der Waals surface area (Å²) in [5.41, 5.74) is -0.618. The van der Waals surface area contributed by atoms with Crippen molar-refractivity contribution in [1.29, 1.82) is 0 Å². The molecule has 6 nitrogen and oxygen atoms in total. The lowest BCUT2D eigenvalue weighted by molar-refractivity contribution is 0.0675. The average molecular weight is 252 g/mol. The summed E-state index contributed by atoms with van der Waals surface area (Å²) in [6.07, 6.45) is 1.70. The first kappa shape index (κ1) is 12.6. The Labute approximate surface area is 104 Å². The molecule has 1 unspecified atom stereocenters. The van der Waals surface area contributed by atoms with Crippen molar-refractivity contribution in [2.75, 3.05) is 20.1 Å². The number of piperidine rings is 1. The van der Waals surface area contributed by atoms with E-state index in [0.29, 0.717) is 6.54 Å². The zero-order valence-corrected chi connectivity index (χ0v) is 10.2. The van der Waals surface area contributed by atoms with Gasteiger partial charge in [0.05, 0.1) is 6.04 Å². The van der Waals surface area contributed by atoms with Crippen LogP contribution in [0.1, 0.15) is 29.4 Å². The Bertz CT molecular complexity index is 523. The van der Waals surface area contributed by atoms with E-state index < -0.39 is 11.5 Å². The van der Waals surface area contributed by atoms with E-state index in [0.717, 1.165) is 31.5 Å². The maximum absolute atomic E-state index is 11.9. The van der Waals surface area contributed by atoms with Crippen LogP contribution in [0.2, 0.25) is 0 Å². The highest BCUT2D eigenvalue weighted by Gasteiger charge is 2.24. The van der Waals surface area contributed by atoms with Crippen molar-refractivity contribution in [3.63, 3.8) is 0 Å². The molecule has 98 valence electrons. The van der Waals surface area contributed by atoms with Gasteiger partial charge in [0.2, 0.25) is 0 Å². The van der Waals surface area contributed by atoms with Gasteiger partial charge in [-0.15, -0.1) is 0 Å². The van der Waals surface area contributed by atoms with Crippen LogP contribution in [-0.2, 0) is 0 Å². The normalized spacial score (nSPS) is 20.8. The van der Waals surface area contributed by atoms with E-state index in [1.54, 1.807) is 0 Å². The second-order valence-corrected chi connectivity index (χ2v) is 4.67. The number of aromatic nitrogens is 1. The van der Waals surface area contributed by atoms with E-state index in [1.807, 2.05) is 7.05 Å². The number of hydrogen-bond acceptors (Lipinski definition) is 4. The van der Waals surface area contributed by atoms with E-state index in [9.17, 15) is 14.7 Å². The first-order chi connectivity index (χ1) is 8.49. The summed E-state index contributed by atoms with van der Waals surface area (Å²) in [4.78, 5) is 25.1. The Morgan fingerprint density at radius 2 is 2.17 bits per heavy atom. The molecule has 0 bridgehead atoms. The lowest BCUT2D eigenvalue weighted by Gasteiger charge is -2.31. The fraction of sp³-hybridized carbons (Fsp3) is 0.500. The number of hydrogen-bond donors (Lipinski definition) is 2. The van der Waals surface area contributed by atoms with Crippen LogP contribution in [-0.4, -0.2) is 45.8 Å². The number of likely N-dealkylation sites (tertiary alicyclic amines) is 1. The van der Waals surface area contributed by atoms with Gasteiger partial charge in [0.1, 0.15) is 11.4 Å². The quantitative estimate of drug-likeness (QED) is 0.801. The van der Waals surface area contributed by atoms with Crippen molar-refractivity contribution >= 4 is 5.97 Å². The van der Waals surface area contributed by atoms with Crippen LogP contribution in [0.3, 0.4) is 0 Å². The molecule has 0 aliphatic carbocycles. The zero-order chi connectivity index (χ0) is 13.3. The van der Waals surface area contributed by atoms with E-state index in [1.165, 1.54) is 4.57 Å². The summed E-state index contributed by atoms with van der Waals surface area (Å²) < 4.78 is 1.28. The van der Waals surface area contributed by atoms with Crippen LogP contribution in [0.15, 0.2) is 16.9 Å². The Kier molecular flexibility index (Phi) is 3.38. The third kappa shape index (κ3) is 2.38. The average Bonchev–Trinajstić information content (AvgIpc) is 2.27. The zero-order valence-electron chi connectivity index (χ0n) is 10.2. The molecule has 2 rings (SSSR count). The van der Waals surface area contributed by atoms with E-state index in [2.05, 4.69) is 4.90 Å². The van der Waals surface area contributed by atoms with Gasteiger partial charge in [0.15, 0.2) is 0 Å². The minimum atomic E-state index is -1.20. The largest absolute Gasteiger partial charge is 0.508 e. The molecule has 1 saturated heterocycles. The number of nitrogens with zero attached hydrogens (tertiary/aromatic N) is 2. The molecule has 2 N–H and O–H groups in total. The molecule has 2 heterocycles. The number of likely N-dealkylation sites (N-methyl/N-ethyl adjacent to an activating group) is 1. The molecule has 0 radical (unpaired) electrons. The molecule has 1 fully saturated rings. The van der Waals surface area contributed by atoms with E-state index >= 15 is 0 Å². The molecule has 1 aromatic rings. The van der Waals surface area contributed by atoms with Gasteiger partial charge < -0.3 is 15.1 Å². The number of carboxylic acid groups (broad SMARTS) is 1. The minimum absolute atomic E-state index is 0.150. The maximum atomic E-state index is 11.9. The van der Waals surface area contributed by atoms with Gasteiger partial charge in [-0.25, -0.2) is 4.79 Å². The monoisotopic (exact) mass is 252 g/mol. The summed E-state index contributed by atoms with van der Waals surface area (Å²) in [5.74, 6) is -1.51. The summed E-state index contributed by atoms with van der Waals surface area (Å²) in [6.45, 7) is 1.59. The molecule has 0 aromatic carbocycles. The molecule has 0 amide bonds. The lowest BCUT2D eigenvalue weighted by Crippen LogP contribution is -2.39. The highest BCUT2D eigenvalue weighted by Crippen LogP contribution is 2.22. The number of aromatic hydroxyl groups is 1. The van der Waals surface area contributed by atoms with Gasteiger partial charge in [-0.3, -0.25) is 9.36 Å². The predicted octanol–water partition coefficient (Wildman–Crippen LogP) is 0.519. The fourth-order valence-corrected chi connectivity index (χ4v) is 2.46. The van der Waals surface area contributed by atoms with Crippen LogP contribution in [0, 0.1) is 0 Å². The van der Waals surface area contributed by atoms with Gasteiger partial charge in [-0.1, -0.05) is 0 Å². The number of carboxylic acids is 1. The van der Waals surface area contributed by atoms with Crippen molar-refractivity contribution in [3.8, 4) is 5.75 Å². The second-order valence-electron chi connectivity index (χ2n) is 4.67. The Morgan fingerprint density at radius 3 is 2.78 bits per heavy atom. The van der Waals surface area contributed by atoms with Gasteiger partial charge in [-0.2, -0.15) is 0 Å². The molecule has 6 heteroatoms. The van der Waals surface area contributed by atoms with Gasteiger partial charge in [-0.05, 0) is 26.4 Å². The summed E-state index contributed by atoms with van der Waals surface area (Å²) >= 11 is 0. The van der Waals surface area contributed by atoms with Crippen molar-refractivity contribution in [2.24, 2.45) is 0 Å². The Morgan fingerprint density at radius 1 is 1.44 bits per heavy atom. The topological polar surface area (TPSA) is 82.8 Å². The molecule has 1 atom stereocenters. The number of carbonyl (C=O) groups is 1. The minimum Gasteiger partial charge on any atom is -0.508 e. The third-order valence-corrected chi connectivity index (χ3v) is 3.24. The van der Waals surface area contributed by atoms with Crippen molar-refractivity contribution in [1.82, 2.24) is 9.47 Å². The lowest BCUT2D eigenvalue weighted by atomic mass is 10.1. The summed E-state index contributed by atoms with van der Waals surface area (Å²) in [7, 11) is 1.94. The van der Waals surface area contributed by atoms with Crippen LogP contribution in [0.5, 0.6) is 5.75 Å². The first-order valence-electron chi connectivity index (χ1n) is 5.86. The number of pyridine rings is 1. The Balaban J connectivity index is 2.48. The van der Waals surface area contributed by atoms with Crippen LogP contribution in [0.4, 0.5) is 0 Å². The standard InChI is InChI=1S/C12H16N2O4/c1-13-4-2-3-8(7-13)14-10(12(17)18)5-9(15)6-11(14)16/h5-6,8,15H,2-4,7H2,1H3,(H,17,18). The van der Waals surface area contributed by atoms with Crippen LogP contribution < -0.4 is 5.56 Å². The SMILES string of the molecule is CN1CCCC(n2c(C(=O)O)cc(O)cc2=O)C1. The van der Waals surface area contributed by atoms with E-state index in [-0.39, 0.29) is 17.5 Å². The number of rotatable bonds is 2. The number of aromatic carboxylic acids is 1. The first-order valence-corrected chi connectivity index (χ1v) is 5.86. The molecular formula is C12H16N2O4. The Hall–Kier alpha value is -1.82. The molecule has 1 aromatic heterocycles. The van der Waals surface area contributed by atoms with Gasteiger partial charge in [0, 0.05) is 18.7 Å². The molecule has 1 aliphatic rings. The fourth-order valence-electron chi connectivity index (χ4n) is 2.46. The van der Waals surface area contributed by atoms with Crippen LogP contribution in [0.25, 0.3) is 0 Å². The predicted molar refractivity (Wildman–Crippen MR) is 65.1 cm³/mol. The highest BCUT2D eigenvalue weighted by atomic mass is 16.4. The molecule has 18 heavy (non-hydrogen) atoms. The van der Waals surface area contributed by atoms with Crippen LogP contribution >= 0.6 is 0 Å². The van der Waals surface area contributed by atoms with Crippen molar-refractivity contribution < 1.29 is 15.0 Å².